The molecule has 4 N–H and O–H groups in total. The van der Waals surface area contributed by atoms with Crippen LogP contribution in [0.5, 0.6) is 0 Å². The minimum Gasteiger partial charge on any atom is -0.480 e. The lowest BCUT2D eigenvalue weighted by molar-refractivity contribution is -0.142. The van der Waals surface area contributed by atoms with Crippen molar-refractivity contribution in [1.82, 2.24) is 14.9 Å². The Kier molecular flexibility index (Phi) is 8.82. The van der Waals surface area contributed by atoms with Crippen molar-refractivity contribution in [2.24, 2.45) is 0 Å². The molecule has 0 radical (unpaired) electrons. The first-order valence-electron chi connectivity index (χ1n) is 11.4. The van der Waals surface area contributed by atoms with Crippen LogP contribution in [0, 0.1) is 6.92 Å². The molecule has 1 aliphatic rings. The predicted octanol–water partition coefficient (Wildman–Crippen LogP) is 2.27. The van der Waals surface area contributed by atoms with Gasteiger partial charge in [0, 0.05) is 25.2 Å². The number of aliphatic carboxylic acids is 1. The molecule has 0 spiro atoms. The van der Waals surface area contributed by atoms with Gasteiger partial charge >= 0.3 is 5.97 Å². The molecular weight excluding hydrogens is 488 g/mol. The minimum atomic E-state index is -3.88. The maximum Gasteiger partial charge on any atom is 0.326 e. The smallest absolute Gasteiger partial charge is 0.326 e. The second-order valence-electron chi connectivity index (χ2n) is 8.37. The van der Waals surface area contributed by atoms with Gasteiger partial charge in [-0.3, -0.25) is 4.79 Å². The van der Waals surface area contributed by atoms with E-state index in [1.807, 2.05) is 13.8 Å². The SMILES string of the molecule is CCNC(=S)Nc1ccc(C[C@H](NC(=O)[C@@H]2CCCN2S(=O)(=O)c2ccc(C)cc2)C(=O)O)cc1. The van der Waals surface area contributed by atoms with Gasteiger partial charge in [-0.15, -0.1) is 0 Å². The average molecular weight is 519 g/mol. The topological polar surface area (TPSA) is 128 Å². The van der Waals surface area contributed by atoms with E-state index in [4.69, 9.17) is 12.2 Å². The number of carbonyl (C=O) groups is 2. The van der Waals surface area contributed by atoms with Gasteiger partial charge in [0.1, 0.15) is 12.1 Å². The van der Waals surface area contributed by atoms with Gasteiger partial charge in [0.15, 0.2) is 5.11 Å². The van der Waals surface area contributed by atoms with Crippen LogP contribution in [-0.2, 0) is 26.0 Å². The third-order valence-corrected chi connectivity index (χ3v) is 7.91. The monoisotopic (exact) mass is 518 g/mol. The Balaban J connectivity index is 1.68. The zero-order valence-electron chi connectivity index (χ0n) is 19.7. The van der Waals surface area contributed by atoms with Crippen LogP contribution in [0.25, 0.3) is 0 Å². The molecule has 0 unspecified atom stereocenters. The Labute approximate surface area is 211 Å². The van der Waals surface area contributed by atoms with Crippen molar-refractivity contribution < 1.29 is 23.1 Å². The Hall–Kier alpha value is -3.02. The first kappa shape index (κ1) is 26.6. The summed E-state index contributed by atoms with van der Waals surface area (Å²) < 4.78 is 27.4. The van der Waals surface area contributed by atoms with Crippen molar-refractivity contribution in [1.29, 1.82) is 0 Å². The molecule has 0 aromatic heterocycles. The van der Waals surface area contributed by atoms with E-state index in [-0.39, 0.29) is 17.9 Å². The van der Waals surface area contributed by atoms with Crippen molar-refractivity contribution in [2.75, 3.05) is 18.4 Å². The molecule has 1 fully saturated rings. The van der Waals surface area contributed by atoms with Crippen LogP contribution in [0.4, 0.5) is 5.69 Å². The number of nitrogens with one attached hydrogen (secondary N) is 3. The molecule has 1 heterocycles. The molecule has 2 aromatic rings. The van der Waals surface area contributed by atoms with Gasteiger partial charge in [-0.05, 0) is 68.7 Å². The maximum atomic E-state index is 13.1. The number of rotatable bonds is 9. The van der Waals surface area contributed by atoms with E-state index >= 15 is 0 Å². The number of carbonyl (C=O) groups excluding carboxylic acids is 1. The zero-order chi connectivity index (χ0) is 25.6. The number of amides is 1. The number of sulfonamides is 1. The second-order valence-corrected chi connectivity index (χ2v) is 10.7. The highest BCUT2D eigenvalue weighted by Crippen LogP contribution is 2.26. The molecule has 1 amide bonds. The van der Waals surface area contributed by atoms with E-state index in [1.165, 1.54) is 16.4 Å². The lowest BCUT2D eigenvalue weighted by Gasteiger charge is -2.25. The fourth-order valence-corrected chi connectivity index (χ4v) is 5.82. The molecule has 1 aliphatic heterocycles. The fraction of sp³-hybridized carbons (Fsp3) is 0.375. The van der Waals surface area contributed by atoms with Crippen LogP contribution in [0.2, 0.25) is 0 Å². The number of carboxylic acids is 1. The number of hydrogen-bond donors (Lipinski definition) is 4. The summed E-state index contributed by atoms with van der Waals surface area (Å²) in [6.07, 6.45) is 0.899. The van der Waals surface area contributed by atoms with Gasteiger partial charge in [0.25, 0.3) is 0 Å². The van der Waals surface area contributed by atoms with E-state index in [1.54, 1.807) is 36.4 Å². The number of aryl methyl sites for hydroxylation is 1. The van der Waals surface area contributed by atoms with Crippen LogP contribution >= 0.6 is 12.2 Å². The molecule has 11 heteroatoms. The highest BCUT2D eigenvalue weighted by molar-refractivity contribution is 7.89. The van der Waals surface area contributed by atoms with Crippen molar-refractivity contribution >= 4 is 44.9 Å². The van der Waals surface area contributed by atoms with Gasteiger partial charge in [-0.25, -0.2) is 13.2 Å². The standard InChI is InChI=1S/C24H30N4O5S2/c1-3-25-24(34)26-18-10-8-17(9-11-18)15-20(23(30)31)27-22(29)21-5-4-14-28(21)35(32,33)19-12-6-16(2)7-13-19/h6-13,20-21H,3-5,14-15H2,1-2H3,(H,27,29)(H,30,31)(H2,25,26,34)/t20-,21-/m0/s1. The molecule has 2 aromatic carbocycles. The summed E-state index contributed by atoms with van der Waals surface area (Å²) in [6, 6.07) is 11.3. The van der Waals surface area contributed by atoms with Crippen LogP contribution in [0.3, 0.4) is 0 Å². The van der Waals surface area contributed by atoms with Gasteiger partial charge in [0.2, 0.25) is 15.9 Å². The van der Waals surface area contributed by atoms with Crippen LogP contribution in [-0.4, -0.2) is 60.0 Å². The summed E-state index contributed by atoms with van der Waals surface area (Å²) in [4.78, 5) is 25.0. The maximum absolute atomic E-state index is 13.1. The summed E-state index contributed by atoms with van der Waals surface area (Å²) >= 11 is 5.15. The molecule has 0 saturated carbocycles. The van der Waals surface area contributed by atoms with E-state index in [0.29, 0.717) is 30.1 Å². The summed E-state index contributed by atoms with van der Waals surface area (Å²) in [5.41, 5.74) is 2.37. The van der Waals surface area contributed by atoms with Crippen LogP contribution in [0.15, 0.2) is 53.4 Å². The quantitative estimate of drug-likeness (QED) is 0.372. The van der Waals surface area contributed by atoms with Gasteiger partial charge in [-0.1, -0.05) is 29.8 Å². The molecule has 188 valence electrons. The Morgan fingerprint density at radius 2 is 1.80 bits per heavy atom. The van der Waals surface area contributed by atoms with Crippen molar-refractivity contribution in [2.45, 2.75) is 50.1 Å². The predicted molar refractivity (Wildman–Crippen MR) is 138 cm³/mol. The Bertz CT molecular complexity index is 1170. The largest absolute Gasteiger partial charge is 0.480 e. The molecule has 35 heavy (non-hydrogen) atoms. The second kappa shape index (κ2) is 11.6. The van der Waals surface area contributed by atoms with Gasteiger partial charge < -0.3 is 21.1 Å². The number of hydrogen-bond acceptors (Lipinski definition) is 5. The molecular formula is C24H30N4O5S2. The average Bonchev–Trinajstić information content (AvgIpc) is 3.31. The van der Waals surface area contributed by atoms with Crippen molar-refractivity contribution in [3.8, 4) is 0 Å². The van der Waals surface area contributed by atoms with E-state index in [0.717, 1.165) is 11.3 Å². The summed E-state index contributed by atoms with van der Waals surface area (Å²) in [5, 5.41) is 18.7. The van der Waals surface area contributed by atoms with E-state index in [2.05, 4.69) is 16.0 Å². The zero-order valence-corrected chi connectivity index (χ0v) is 21.3. The van der Waals surface area contributed by atoms with Gasteiger partial charge in [-0.2, -0.15) is 4.31 Å². The normalized spacial score (nSPS) is 16.9. The first-order valence-corrected chi connectivity index (χ1v) is 13.2. The highest BCUT2D eigenvalue weighted by atomic mass is 32.2. The molecule has 3 rings (SSSR count). The first-order chi connectivity index (χ1) is 16.6. The Morgan fingerprint density at radius 3 is 2.40 bits per heavy atom. The number of carboxylic acid groups (broad SMARTS) is 1. The third-order valence-electron chi connectivity index (χ3n) is 5.74. The number of anilines is 1. The molecule has 1 saturated heterocycles. The van der Waals surface area contributed by atoms with Crippen molar-refractivity contribution in [3.05, 3.63) is 59.7 Å². The molecule has 0 bridgehead atoms. The highest BCUT2D eigenvalue weighted by Gasteiger charge is 2.40. The summed E-state index contributed by atoms with van der Waals surface area (Å²) in [5.74, 6) is -1.81. The summed E-state index contributed by atoms with van der Waals surface area (Å²) in [7, 11) is -3.88. The molecule has 9 nitrogen and oxygen atoms in total. The minimum absolute atomic E-state index is 0.0520. The molecule has 0 aliphatic carbocycles. The van der Waals surface area contributed by atoms with Gasteiger partial charge in [0.05, 0.1) is 4.90 Å². The van der Waals surface area contributed by atoms with Crippen LogP contribution in [0.1, 0.15) is 30.9 Å². The lowest BCUT2D eigenvalue weighted by Crippen LogP contribution is -2.51. The third kappa shape index (κ3) is 6.77. The van der Waals surface area contributed by atoms with E-state index < -0.39 is 34.0 Å². The van der Waals surface area contributed by atoms with Crippen LogP contribution < -0.4 is 16.0 Å². The van der Waals surface area contributed by atoms with E-state index in [9.17, 15) is 23.1 Å². The number of thiocarbonyl (C=S) groups is 1. The number of nitrogens with zero attached hydrogens (tertiary/aromatic N) is 1. The van der Waals surface area contributed by atoms with Crippen molar-refractivity contribution in [3.63, 3.8) is 0 Å². The fourth-order valence-electron chi connectivity index (χ4n) is 3.90. The Morgan fingerprint density at radius 1 is 1.14 bits per heavy atom. The lowest BCUT2D eigenvalue weighted by atomic mass is 10.0. The molecule has 2 atom stereocenters. The summed E-state index contributed by atoms with van der Waals surface area (Å²) in [6.45, 7) is 4.68. The number of benzene rings is 2.